The summed E-state index contributed by atoms with van der Waals surface area (Å²) in [5.74, 6) is -1.29. The zero-order valence-electron chi connectivity index (χ0n) is 11.1. The fraction of sp³-hybridized carbons (Fsp3) is 0.500. The molecule has 2 atom stereocenters. The fourth-order valence-corrected chi connectivity index (χ4v) is 1.47. The van der Waals surface area contributed by atoms with E-state index < -0.39 is 18.0 Å². The van der Waals surface area contributed by atoms with Gasteiger partial charge >= 0.3 is 11.9 Å². The summed E-state index contributed by atoms with van der Waals surface area (Å²) in [6.45, 7) is 3.75. The lowest BCUT2D eigenvalue weighted by molar-refractivity contribution is -0.139. The first-order valence-electron chi connectivity index (χ1n) is 5.91. The molecule has 19 heavy (non-hydrogen) atoms. The molecule has 0 unspecified atom stereocenters. The van der Waals surface area contributed by atoms with E-state index in [1.54, 1.807) is 0 Å². The van der Waals surface area contributed by atoms with E-state index in [4.69, 9.17) is 5.11 Å². The molecule has 7 nitrogen and oxygen atoms in total. The summed E-state index contributed by atoms with van der Waals surface area (Å²) in [6, 6.07) is 2.18. The van der Waals surface area contributed by atoms with Gasteiger partial charge in [0.25, 0.3) is 0 Å². The summed E-state index contributed by atoms with van der Waals surface area (Å²) in [4.78, 5) is 22.3. The highest BCUT2D eigenvalue weighted by molar-refractivity contribution is 5.87. The zero-order valence-corrected chi connectivity index (χ0v) is 11.1. The van der Waals surface area contributed by atoms with E-state index >= 15 is 0 Å². The van der Waals surface area contributed by atoms with E-state index in [-0.39, 0.29) is 11.6 Å². The second-order valence-electron chi connectivity index (χ2n) is 4.14. The number of methoxy groups -OCH3 is 1. The molecule has 0 spiro atoms. The number of aromatic nitrogens is 2. The molecule has 104 valence electrons. The second kappa shape index (κ2) is 6.67. The van der Waals surface area contributed by atoms with E-state index in [2.05, 4.69) is 20.3 Å². The lowest BCUT2D eigenvalue weighted by Crippen LogP contribution is -2.35. The highest BCUT2D eigenvalue weighted by Crippen LogP contribution is 2.13. The summed E-state index contributed by atoms with van der Waals surface area (Å²) >= 11 is 0. The van der Waals surface area contributed by atoms with Gasteiger partial charge in [0, 0.05) is 0 Å². The number of hydrogen-bond acceptors (Lipinski definition) is 6. The van der Waals surface area contributed by atoms with Gasteiger partial charge in [-0.3, -0.25) is 0 Å². The van der Waals surface area contributed by atoms with Crippen molar-refractivity contribution >= 4 is 17.8 Å². The summed E-state index contributed by atoms with van der Waals surface area (Å²) in [5, 5.41) is 19.3. The standard InChI is InChI=1S/C12H17N3O4/c1-4-7(2)10(11(16)17)13-9-6-5-8(14-15-9)12(18)19-3/h5-7,10H,4H2,1-3H3,(H,13,15)(H,16,17)/t7-,10-/m0/s1. The van der Waals surface area contributed by atoms with Crippen LogP contribution in [0.5, 0.6) is 0 Å². The van der Waals surface area contributed by atoms with Crippen LogP contribution < -0.4 is 5.32 Å². The Bertz CT molecular complexity index is 447. The lowest BCUT2D eigenvalue weighted by atomic mass is 9.99. The van der Waals surface area contributed by atoms with Crippen LogP contribution in [0.25, 0.3) is 0 Å². The van der Waals surface area contributed by atoms with Crippen molar-refractivity contribution in [3.05, 3.63) is 17.8 Å². The van der Waals surface area contributed by atoms with Crippen LogP contribution in [0.15, 0.2) is 12.1 Å². The molecule has 0 aliphatic heterocycles. The van der Waals surface area contributed by atoms with Crippen molar-refractivity contribution < 1.29 is 19.4 Å². The molecule has 7 heteroatoms. The summed E-state index contributed by atoms with van der Waals surface area (Å²) in [5.41, 5.74) is 0.0727. The summed E-state index contributed by atoms with van der Waals surface area (Å²) < 4.78 is 4.50. The molecule has 2 N–H and O–H groups in total. The molecule has 0 aliphatic rings. The monoisotopic (exact) mass is 267 g/mol. The first kappa shape index (κ1) is 14.9. The third kappa shape index (κ3) is 3.90. The van der Waals surface area contributed by atoms with Crippen LogP contribution >= 0.6 is 0 Å². The maximum absolute atomic E-state index is 11.2. The molecule has 0 aromatic carbocycles. The molecule has 0 fully saturated rings. The topological polar surface area (TPSA) is 101 Å². The highest BCUT2D eigenvalue weighted by Gasteiger charge is 2.23. The molecule has 0 aliphatic carbocycles. The smallest absolute Gasteiger partial charge is 0.358 e. The van der Waals surface area contributed by atoms with Crippen LogP contribution in [-0.4, -0.2) is 40.4 Å². The van der Waals surface area contributed by atoms with Gasteiger partial charge in [-0.15, -0.1) is 10.2 Å². The number of nitrogens with zero attached hydrogens (tertiary/aromatic N) is 2. The third-order valence-electron chi connectivity index (χ3n) is 2.84. The summed E-state index contributed by atoms with van der Waals surface area (Å²) in [6.07, 6.45) is 0.720. The van der Waals surface area contributed by atoms with Crippen molar-refractivity contribution in [1.29, 1.82) is 0 Å². The van der Waals surface area contributed by atoms with Gasteiger partial charge in [-0.2, -0.15) is 0 Å². The number of esters is 1. The molecule has 0 bridgehead atoms. The molecular weight excluding hydrogens is 250 g/mol. The minimum absolute atomic E-state index is 0.0559. The number of aliphatic carboxylic acids is 1. The number of carbonyl (C=O) groups is 2. The quantitative estimate of drug-likeness (QED) is 0.746. The number of carboxylic acid groups (broad SMARTS) is 1. The molecule has 1 aromatic heterocycles. The van der Waals surface area contributed by atoms with E-state index in [0.29, 0.717) is 5.82 Å². The van der Waals surface area contributed by atoms with Crippen molar-refractivity contribution in [2.24, 2.45) is 5.92 Å². The number of nitrogens with one attached hydrogen (secondary N) is 1. The van der Waals surface area contributed by atoms with E-state index in [9.17, 15) is 9.59 Å². The van der Waals surface area contributed by atoms with Gasteiger partial charge in [0.15, 0.2) is 5.69 Å². The maximum atomic E-state index is 11.2. The van der Waals surface area contributed by atoms with E-state index in [0.717, 1.165) is 6.42 Å². The van der Waals surface area contributed by atoms with Crippen LogP contribution in [-0.2, 0) is 9.53 Å². The Morgan fingerprint density at radius 1 is 1.42 bits per heavy atom. The Kier molecular flexibility index (Phi) is 5.23. The first-order chi connectivity index (χ1) is 8.99. The summed E-state index contributed by atoms with van der Waals surface area (Å²) in [7, 11) is 1.25. The van der Waals surface area contributed by atoms with Crippen molar-refractivity contribution in [2.75, 3.05) is 12.4 Å². The van der Waals surface area contributed by atoms with Crippen molar-refractivity contribution in [1.82, 2.24) is 10.2 Å². The normalized spacial score (nSPS) is 13.4. The Labute approximate surface area is 111 Å². The molecule has 0 saturated carbocycles. The molecule has 0 saturated heterocycles. The fourth-order valence-electron chi connectivity index (χ4n) is 1.47. The molecule has 0 radical (unpaired) electrons. The van der Waals surface area contributed by atoms with Crippen molar-refractivity contribution in [3.8, 4) is 0 Å². The van der Waals surface area contributed by atoms with Crippen LogP contribution in [0.1, 0.15) is 30.8 Å². The predicted octanol–water partition coefficient (Wildman–Crippen LogP) is 1.17. The second-order valence-corrected chi connectivity index (χ2v) is 4.14. The van der Waals surface area contributed by atoms with Gasteiger partial charge in [-0.05, 0) is 18.1 Å². The van der Waals surface area contributed by atoms with Crippen LogP contribution in [0, 0.1) is 5.92 Å². The van der Waals surface area contributed by atoms with Crippen molar-refractivity contribution in [3.63, 3.8) is 0 Å². The van der Waals surface area contributed by atoms with Crippen molar-refractivity contribution in [2.45, 2.75) is 26.3 Å². The molecule has 0 amide bonds. The minimum Gasteiger partial charge on any atom is -0.480 e. The largest absolute Gasteiger partial charge is 0.480 e. The maximum Gasteiger partial charge on any atom is 0.358 e. The SMILES string of the molecule is CC[C@H](C)[C@H](Nc1ccc(C(=O)OC)nn1)C(=O)O. The van der Waals surface area contributed by atoms with E-state index in [1.165, 1.54) is 19.2 Å². The number of anilines is 1. The molecule has 1 rings (SSSR count). The molecule has 1 aromatic rings. The van der Waals surface area contributed by atoms with Crippen LogP contribution in [0.2, 0.25) is 0 Å². The Morgan fingerprint density at radius 2 is 2.11 bits per heavy atom. The Hall–Kier alpha value is -2.18. The third-order valence-corrected chi connectivity index (χ3v) is 2.84. The Balaban J connectivity index is 2.81. The van der Waals surface area contributed by atoms with Gasteiger partial charge in [-0.1, -0.05) is 20.3 Å². The molecule has 1 heterocycles. The van der Waals surface area contributed by atoms with Gasteiger partial charge in [0.2, 0.25) is 0 Å². The number of ether oxygens (including phenoxy) is 1. The minimum atomic E-state index is -0.951. The number of carboxylic acids is 1. The van der Waals surface area contributed by atoms with Crippen LogP contribution in [0.4, 0.5) is 5.82 Å². The van der Waals surface area contributed by atoms with Gasteiger partial charge < -0.3 is 15.2 Å². The average molecular weight is 267 g/mol. The first-order valence-corrected chi connectivity index (χ1v) is 5.91. The number of rotatable bonds is 6. The van der Waals surface area contributed by atoms with E-state index in [1.807, 2.05) is 13.8 Å². The Morgan fingerprint density at radius 3 is 2.53 bits per heavy atom. The predicted molar refractivity (Wildman–Crippen MR) is 67.9 cm³/mol. The van der Waals surface area contributed by atoms with Gasteiger partial charge in [0.05, 0.1) is 7.11 Å². The van der Waals surface area contributed by atoms with Gasteiger partial charge in [0.1, 0.15) is 11.9 Å². The number of carbonyl (C=O) groups excluding carboxylic acids is 1. The average Bonchev–Trinajstić information content (AvgIpc) is 2.43. The van der Waals surface area contributed by atoms with Gasteiger partial charge in [-0.25, -0.2) is 9.59 Å². The molecular formula is C12H17N3O4. The number of hydrogen-bond donors (Lipinski definition) is 2. The van der Waals surface area contributed by atoms with Crippen LogP contribution in [0.3, 0.4) is 0 Å². The lowest BCUT2D eigenvalue weighted by Gasteiger charge is -2.20. The highest BCUT2D eigenvalue weighted by atomic mass is 16.5. The zero-order chi connectivity index (χ0) is 14.4.